The van der Waals surface area contributed by atoms with E-state index >= 15 is 0 Å². The number of hydrogen-bond acceptors (Lipinski definition) is 3. The molecular formula is C21H29N3O. The van der Waals surface area contributed by atoms with Crippen LogP contribution in [0.2, 0.25) is 0 Å². The summed E-state index contributed by atoms with van der Waals surface area (Å²) in [4.78, 5) is 17.0. The van der Waals surface area contributed by atoms with Gasteiger partial charge < -0.3 is 9.80 Å². The number of hydrogen-bond donors (Lipinski definition) is 0. The summed E-state index contributed by atoms with van der Waals surface area (Å²) in [5.41, 5.74) is 1.98. The van der Waals surface area contributed by atoms with E-state index < -0.39 is 0 Å². The van der Waals surface area contributed by atoms with Crippen LogP contribution in [-0.2, 0) is 4.79 Å². The predicted octanol–water partition coefficient (Wildman–Crippen LogP) is 3.53. The van der Waals surface area contributed by atoms with Crippen molar-refractivity contribution in [3.8, 4) is 6.07 Å². The molecule has 4 heteroatoms. The Morgan fingerprint density at radius 2 is 1.88 bits per heavy atom. The fraction of sp³-hybridized carbons (Fsp3) is 0.619. The summed E-state index contributed by atoms with van der Waals surface area (Å²) < 4.78 is 0. The minimum absolute atomic E-state index is 0.321. The lowest BCUT2D eigenvalue weighted by Crippen LogP contribution is -2.38. The van der Waals surface area contributed by atoms with Crippen LogP contribution in [0.5, 0.6) is 0 Å². The maximum atomic E-state index is 12.4. The third kappa shape index (κ3) is 5.06. The molecule has 0 unspecified atom stereocenters. The smallest absolute Gasteiger partial charge is 0.222 e. The van der Waals surface area contributed by atoms with Crippen LogP contribution < -0.4 is 0 Å². The SMILES string of the molecule is N#Cc1cccc(C2CCN(C(=O)CCCN3CCCCC3)CC2)c1. The van der Waals surface area contributed by atoms with Gasteiger partial charge in [0.1, 0.15) is 0 Å². The van der Waals surface area contributed by atoms with Gasteiger partial charge in [0.2, 0.25) is 5.91 Å². The maximum Gasteiger partial charge on any atom is 0.222 e. The first-order valence-corrected chi connectivity index (χ1v) is 9.76. The molecule has 0 aliphatic carbocycles. The number of likely N-dealkylation sites (tertiary alicyclic amines) is 2. The largest absolute Gasteiger partial charge is 0.343 e. The Kier molecular flexibility index (Phi) is 6.47. The fourth-order valence-electron chi connectivity index (χ4n) is 4.12. The lowest BCUT2D eigenvalue weighted by Gasteiger charge is -2.33. The number of nitriles is 1. The molecule has 2 aliphatic rings. The Morgan fingerprint density at radius 1 is 1.12 bits per heavy atom. The van der Waals surface area contributed by atoms with Crippen LogP contribution in [-0.4, -0.2) is 48.4 Å². The molecule has 1 aromatic carbocycles. The van der Waals surface area contributed by atoms with E-state index in [0.29, 0.717) is 18.2 Å². The van der Waals surface area contributed by atoms with Crippen molar-refractivity contribution in [2.24, 2.45) is 0 Å². The van der Waals surface area contributed by atoms with Gasteiger partial charge >= 0.3 is 0 Å². The van der Waals surface area contributed by atoms with Gasteiger partial charge in [0.15, 0.2) is 0 Å². The summed E-state index contributed by atoms with van der Waals surface area (Å²) in [6.45, 7) is 5.19. The van der Waals surface area contributed by atoms with Crippen LogP contribution in [0.3, 0.4) is 0 Å². The molecule has 0 saturated carbocycles. The third-order valence-corrected chi connectivity index (χ3v) is 5.65. The zero-order valence-corrected chi connectivity index (χ0v) is 15.1. The summed E-state index contributed by atoms with van der Waals surface area (Å²) in [7, 11) is 0. The van der Waals surface area contributed by atoms with Crippen molar-refractivity contribution in [1.29, 1.82) is 5.26 Å². The molecule has 25 heavy (non-hydrogen) atoms. The minimum Gasteiger partial charge on any atom is -0.343 e. The molecule has 2 aliphatic heterocycles. The Morgan fingerprint density at radius 3 is 2.60 bits per heavy atom. The van der Waals surface area contributed by atoms with E-state index in [2.05, 4.69) is 17.0 Å². The molecule has 2 saturated heterocycles. The number of piperidine rings is 2. The van der Waals surface area contributed by atoms with Crippen molar-refractivity contribution < 1.29 is 4.79 Å². The molecule has 0 N–H and O–H groups in total. The van der Waals surface area contributed by atoms with Crippen LogP contribution in [0.15, 0.2) is 24.3 Å². The highest BCUT2D eigenvalue weighted by Gasteiger charge is 2.23. The molecule has 0 spiro atoms. The van der Waals surface area contributed by atoms with Crippen LogP contribution in [0.1, 0.15) is 62.0 Å². The summed E-state index contributed by atoms with van der Waals surface area (Å²) in [6, 6.07) is 10.1. The van der Waals surface area contributed by atoms with Crippen molar-refractivity contribution in [3.63, 3.8) is 0 Å². The Hall–Kier alpha value is -1.86. The van der Waals surface area contributed by atoms with Crippen molar-refractivity contribution in [2.75, 3.05) is 32.7 Å². The van der Waals surface area contributed by atoms with E-state index in [9.17, 15) is 4.79 Å². The van der Waals surface area contributed by atoms with Crippen molar-refractivity contribution in [1.82, 2.24) is 9.80 Å². The fourth-order valence-corrected chi connectivity index (χ4v) is 4.12. The average Bonchev–Trinajstić information content (AvgIpc) is 2.69. The van der Waals surface area contributed by atoms with Gasteiger partial charge in [-0.2, -0.15) is 5.26 Å². The summed E-state index contributed by atoms with van der Waals surface area (Å²) >= 11 is 0. The molecular weight excluding hydrogens is 310 g/mol. The average molecular weight is 339 g/mol. The lowest BCUT2D eigenvalue weighted by atomic mass is 9.88. The number of benzene rings is 1. The van der Waals surface area contributed by atoms with Gasteiger partial charge in [0.05, 0.1) is 11.6 Å². The molecule has 0 atom stereocenters. The number of nitrogens with zero attached hydrogens (tertiary/aromatic N) is 3. The van der Waals surface area contributed by atoms with E-state index in [1.165, 1.54) is 37.9 Å². The minimum atomic E-state index is 0.321. The van der Waals surface area contributed by atoms with Crippen LogP contribution in [0, 0.1) is 11.3 Å². The van der Waals surface area contributed by atoms with E-state index in [1.54, 1.807) is 0 Å². The monoisotopic (exact) mass is 339 g/mol. The third-order valence-electron chi connectivity index (χ3n) is 5.65. The molecule has 134 valence electrons. The second kappa shape index (κ2) is 9.01. The van der Waals surface area contributed by atoms with Crippen LogP contribution in [0.25, 0.3) is 0 Å². The maximum absolute atomic E-state index is 12.4. The Labute approximate surface area is 151 Å². The second-order valence-corrected chi connectivity index (χ2v) is 7.40. The van der Waals surface area contributed by atoms with Gasteiger partial charge in [-0.15, -0.1) is 0 Å². The van der Waals surface area contributed by atoms with Gasteiger partial charge in [-0.05, 0) is 75.4 Å². The Bertz CT molecular complexity index is 608. The predicted molar refractivity (Wildman–Crippen MR) is 99.2 cm³/mol. The number of amides is 1. The molecule has 4 nitrogen and oxygen atoms in total. The zero-order chi connectivity index (χ0) is 17.5. The highest BCUT2D eigenvalue weighted by atomic mass is 16.2. The molecule has 0 radical (unpaired) electrons. The van der Waals surface area contributed by atoms with E-state index in [0.717, 1.165) is 44.5 Å². The molecule has 2 fully saturated rings. The first-order valence-electron chi connectivity index (χ1n) is 9.76. The molecule has 0 aromatic heterocycles. The summed E-state index contributed by atoms with van der Waals surface area (Å²) in [5, 5.41) is 9.05. The standard InChI is InChI=1S/C21H29N3O/c22-17-18-6-4-7-20(16-18)19-9-14-24(15-10-19)21(25)8-5-13-23-11-2-1-3-12-23/h4,6-7,16,19H,1-3,5,8-15H2. The topological polar surface area (TPSA) is 47.3 Å². The van der Waals surface area contributed by atoms with Gasteiger partial charge in [0, 0.05) is 19.5 Å². The van der Waals surface area contributed by atoms with Gasteiger partial charge in [0.25, 0.3) is 0 Å². The highest BCUT2D eigenvalue weighted by Crippen LogP contribution is 2.28. The summed E-state index contributed by atoms with van der Waals surface area (Å²) in [6.07, 6.45) is 7.68. The van der Waals surface area contributed by atoms with Crippen LogP contribution >= 0.6 is 0 Å². The van der Waals surface area contributed by atoms with E-state index in [-0.39, 0.29) is 0 Å². The first-order chi connectivity index (χ1) is 12.3. The number of carbonyl (C=O) groups is 1. The molecule has 1 aromatic rings. The van der Waals surface area contributed by atoms with E-state index in [4.69, 9.17) is 5.26 Å². The van der Waals surface area contributed by atoms with Crippen LogP contribution in [0.4, 0.5) is 0 Å². The highest BCUT2D eigenvalue weighted by molar-refractivity contribution is 5.76. The normalized spacial score (nSPS) is 19.6. The lowest BCUT2D eigenvalue weighted by molar-refractivity contribution is -0.132. The van der Waals surface area contributed by atoms with Gasteiger partial charge in [-0.1, -0.05) is 18.6 Å². The Balaban J connectivity index is 1.40. The molecule has 1 amide bonds. The second-order valence-electron chi connectivity index (χ2n) is 7.40. The number of carbonyl (C=O) groups excluding carboxylic acids is 1. The molecule has 2 heterocycles. The molecule has 3 rings (SSSR count). The van der Waals surface area contributed by atoms with Gasteiger partial charge in [-0.3, -0.25) is 4.79 Å². The van der Waals surface area contributed by atoms with Crippen molar-refractivity contribution >= 4 is 5.91 Å². The summed E-state index contributed by atoms with van der Waals surface area (Å²) in [5.74, 6) is 0.798. The quantitative estimate of drug-likeness (QED) is 0.824. The number of rotatable bonds is 5. The van der Waals surface area contributed by atoms with Crippen molar-refractivity contribution in [2.45, 2.75) is 50.9 Å². The van der Waals surface area contributed by atoms with E-state index in [1.807, 2.05) is 23.1 Å². The molecule has 0 bridgehead atoms. The van der Waals surface area contributed by atoms with Gasteiger partial charge in [-0.25, -0.2) is 0 Å². The van der Waals surface area contributed by atoms with Crippen molar-refractivity contribution in [3.05, 3.63) is 35.4 Å². The first kappa shape index (κ1) is 17.9. The zero-order valence-electron chi connectivity index (χ0n) is 15.1.